The zero-order valence-electron chi connectivity index (χ0n) is 8.49. The van der Waals surface area contributed by atoms with Gasteiger partial charge in [0.05, 0.1) is 0 Å². The zero-order valence-corrected chi connectivity index (χ0v) is 9.31. The zero-order chi connectivity index (χ0) is 10.6. The van der Waals surface area contributed by atoms with Crippen LogP contribution in [0, 0.1) is 5.92 Å². The largest absolute Gasteiger partial charge is 0.353 e. The van der Waals surface area contributed by atoms with Crippen molar-refractivity contribution in [3.05, 3.63) is 0 Å². The summed E-state index contributed by atoms with van der Waals surface area (Å²) in [5, 5.41) is 2.62. The van der Waals surface area contributed by atoms with Crippen LogP contribution in [0.3, 0.4) is 0 Å². The summed E-state index contributed by atoms with van der Waals surface area (Å²) in [5.41, 5.74) is 0. The minimum absolute atomic E-state index is 0.00856. The Balaban J connectivity index is 4.03. The van der Waals surface area contributed by atoms with E-state index in [1.54, 1.807) is 0 Å². The van der Waals surface area contributed by atoms with Crippen molar-refractivity contribution < 1.29 is 13.2 Å². The van der Waals surface area contributed by atoms with Crippen molar-refractivity contribution in [3.8, 4) is 0 Å². The molecule has 13 heavy (non-hydrogen) atoms. The molecule has 0 aliphatic heterocycles. The van der Waals surface area contributed by atoms with Gasteiger partial charge in [-0.3, -0.25) is 4.79 Å². The van der Waals surface area contributed by atoms with E-state index in [2.05, 4.69) is 5.32 Å². The van der Waals surface area contributed by atoms with E-state index in [1.165, 1.54) is 0 Å². The first-order valence-electron chi connectivity index (χ1n) is 4.19. The van der Waals surface area contributed by atoms with Crippen molar-refractivity contribution in [2.24, 2.45) is 5.92 Å². The Hall–Kier alpha value is -0.580. The van der Waals surface area contributed by atoms with Crippen molar-refractivity contribution in [2.45, 2.75) is 26.8 Å². The van der Waals surface area contributed by atoms with Gasteiger partial charge >= 0.3 is 0 Å². The molecule has 0 saturated carbocycles. The lowest BCUT2D eigenvalue weighted by molar-refractivity contribution is -0.119. The van der Waals surface area contributed by atoms with E-state index >= 15 is 0 Å². The second kappa shape index (κ2) is 4.60. The first kappa shape index (κ1) is 12.4. The van der Waals surface area contributed by atoms with Crippen molar-refractivity contribution in [2.75, 3.05) is 12.0 Å². The smallest absolute Gasteiger partial charge is 0.235 e. The highest BCUT2D eigenvalue weighted by molar-refractivity contribution is 7.91. The van der Waals surface area contributed by atoms with Gasteiger partial charge in [0.25, 0.3) is 0 Å². The van der Waals surface area contributed by atoms with E-state index in [9.17, 15) is 13.2 Å². The first-order chi connectivity index (χ1) is 5.72. The fraction of sp³-hybridized carbons (Fsp3) is 0.875. The van der Waals surface area contributed by atoms with Crippen LogP contribution < -0.4 is 5.32 Å². The molecule has 1 atom stereocenters. The van der Waals surface area contributed by atoms with Crippen LogP contribution in [0.2, 0.25) is 0 Å². The molecule has 4 nitrogen and oxygen atoms in total. The Morgan fingerprint density at radius 1 is 1.31 bits per heavy atom. The summed E-state index contributed by atoms with van der Waals surface area (Å²) in [6, 6.07) is 0.00856. The number of sulfone groups is 1. The van der Waals surface area contributed by atoms with Gasteiger partial charge in [-0.05, 0) is 12.8 Å². The van der Waals surface area contributed by atoms with E-state index in [-0.39, 0.29) is 6.04 Å². The number of rotatable bonds is 4. The van der Waals surface area contributed by atoms with E-state index < -0.39 is 21.5 Å². The lowest BCUT2D eigenvalue weighted by atomic mass is 10.1. The first-order valence-corrected chi connectivity index (χ1v) is 6.25. The third-order valence-electron chi connectivity index (χ3n) is 1.78. The maximum Gasteiger partial charge on any atom is 0.235 e. The monoisotopic (exact) mass is 207 g/mol. The molecule has 0 fully saturated rings. The van der Waals surface area contributed by atoms with Crippen molar-refractivity contribution in [1.82, 2.24) is 5.32 Å². The van der Waals surface area contributed by atoms with Crippen LogP contribution in [0.4, 0.5) is 0 Å². The summed E-state index contributed by atoms with van der Waals surface area (Å²) in [4.78, 5) is 11.1. The standard InChI is InChI=1S/C8H17NO3S/c1-6(2)7(3)9-8(10)5-13(4,11)12/h6-7H,5H2,1-4H3,(H,9,10)/t7-/m1/s1. The minimum atomic E-state index is -3.21. The second-order valence-electron chi connectivity index (χ2n) is 3.67. The number of amides is 1. The Morgan fingerprint density at radius 2 is 1.77 bits per heavy atom. The molecule has 1 amide bonds. The highest BCUT2D eigenvalue weighted by Crippen LogP contribution is 1.99. The van der Waals surface area contributed by atoms with Gasteiger partial charge < -0.3 is 5.32 Å². The Kier molecular flexibility index (Phi) is 4.39. The van der Waals surface area contributed by atoms with Gasteiger partial charge in [-0.2, -0.15) is 0 Å². The summed E-state index contributed by atoms with van der Waals surface area (Å²) in [6.07, 6.45) is 1.05. The van der Waals surface area contributed by atoms with Crippen LogP contribution in [0.15, 0.2) is 0 Å². The molecule has 0 aromatic rings. The normalized spacial score (nSPS) is 14.2. The maximum absolute atomic E-state index is 11.1. The Bertz CT molecular complexity index is 269. The summed E-state index contributed by atoms with van der Waals surface area (Å²) < 4.78 is 21.5. The molecule has 0 aliphatic rings. The number of carbonyl (C=O) groups is 1. The van der Waals surface area contributed by atoms with E-state index in [0.717, 1.165) is 6.26 Å². The quantitative estimate of drug-likeness (QED) is 0.716. The summed E-state index contributed by atoms with van der Waals surface area (Å²) in [5.74, 6) is -0.545. The molecule has 0 spiro atoms. The lowest BCUT2D eigenvalue weighted by Gasteiger charge is -2.16. The third-order valence-corrected chi connectivity index (χ3v) is 2.57. The average Bonchev–Trinajstić information content (AvgIpc) is 1.81. The SMILES string of the molecule is CC(C)[C@@H](C)NC(=O)CS(C)(=O)=O. The van der Waals surface area contributed by atoms with E-state index in [4.69, 9.17) is 0 Å². The van der Waals surface area contributed by atoms with Gasteiger partial charge in [-0.25, -0.2) is 8.42 Å². The van der Waals surface area contributed by atoms with Crippen LogP contribution in [0.5, 0.6) is 0 Å². The van der Waals surface area contributed by atoms with Gasteiger partial charge in [0.1, 0.15) is 5.75 Å². The topological polar surface area (TPSA) is 63.2 Å². The number of hydrogen-bond acceptors (Lipinski definition) is 3. The third kappa shape index (κ3) is 6.57. The molecule has 0 radical (unpaired) electrons. The van der Waals surface area contributed by atoms with Gasteiger partial charge in [-0.15, -0.1) is 0 Å². The van der Waals surface area contributed by atoms with Gasteiger partial charge in [0, 0.05) is 12.3 Å². The molecule has 0 aliphatic carbocycles. The van der Waals surface area contributed by atoms with E-state index in [1.807, 2.05) is 20.8 Å². The molecule has 1 N–H and O–H groups in total. The molecule has 0 saturated heterocycles. The van der Waals surface area contributed by atoms with Crippen molar-refractivity contribution in [3.63, 3.8) is 0 Å². The number of carbonyl (C=O) groups excluding carboxylic acids is 1. The minimum Gasteiger partial charge on any atom is -0.353 e. The van der Waals surface area contributed by atoms with Gasteiger partial charge in [-0.1, -0.05) is 13.8 Å². The average molecular weight is 207 g/mol. The number of nitrogens with one attached hydrogen (secondary N) is 1. The lowest BCUT2D eigenvalue weighted by Crippen LogP contribution is -2.39. The van der Waals surface area contributed by atoms with Crippen LogP contribution in [-0.2, 0) is 14.6 Å². The Labute approximate surface area is 79.6 Å². The Morgan fingerprint density at radius 3 is 2.08 bits per heavy atom. The summed E-state index contributed by atoms with van der Waals surface area (Å²) >= 11 is 0. The fourth-order valence-corrected chi connectivity index (χ4v) is 1.26. The highest BCUT2D eigenvalue weighted by atomic mass is 32.2. The predicted molar refractivity (Wildman–Crippen MR) is 52.2 cm³/mol. The molecule has 0 unspecified atom stereocenters. The van der Waals surface area contributed by atoms with Crippen molar-refractivity contribution >= 4 is 15.7 Å². The van der Waals surface area contributed by atoms with Crippen LogP contribution in [0.25, 0.3) is 0 Å². The van der Waals surface area contributed by atoms with Crippen LogP contribution in [0.1, 0.15) is 20.8 Å². The molecule has 0 aromatic carbocycles. The van der Waals surface area contributed by atoms with Crippen LogP contribution in [-0.4, -0.2) is 32.4 Å². The highest BCUT2D eigenvalue weighted by Gasteiger charge is 2.14. The molecule has 5 heteroatoms. The molecule has 0 aromatic heterocycles. The van der Waals surface area contributed by atoms with E-state index in [0.29, 0.717) is 5.92 Å². The molecule has 0 heterocycles. The molecular weight excluding hydrogens is 190 g/mol. The predicted octanol–water partition coefficient (Wildman–Crippen LogP) is 0.192. The molecular formula is C8H17NO3S. The number of hydrogen-bond donors (Lipinski definition) is 1. The van der Waals surface area contributed by atoms with Gasteiger partial charge in [0.15, 0.2) is 9.84 Å². The molecule has 78 valence electrons. The van der Waals surface area contributed by atoms with Crippen molar-refractivity contribution in [1.29, 1.82) is 0 Å². The van der Waals surface area contributed by atoms with Gasteiger partial charge in [0.2, 0.25) is 5.91 Å². The summed E-state index contributed by atoms with van der Waals surface area (Å²) in [6.45, 7) is 5.78. The second-order valence-corrected chi connectivity index (χ2v) is 5.81. The fourth-order valence-electron chi connectivity index (χ4n) is 0.700. The van der Waals surface area contributed by atoms with Crippen LogP contribution >= 0.6 is 0 Å². The molecule has 0 rings (SSSR count). The molecule has 0 bridgehead atoms. The summed E-state index contributed by atoms with van der Waals surface area (Å²) in [7, 11) is -3.21. The maximum atomic E-state index is 11.1.